The van der Waals surface area contributed by atoms with E-state index in [1.807, 2.05) is 0 Å². The van der Waals surface area contributed by atoms with Crippen molar-refractivity contribution in [2.24, 2.45) is 0 Å². The number of hydrogen-bond acceptors (Lipinski definition) is 4. The lowest BCUT2D eigenvalue weighted by Crippen LogP contribution is -2.13. The fraction of sp³-hybridized carbons (Fsp3) is 0.231. The molecule has 0 aliphatic carbocycles. The Bertz CT molecular complexity index is 502. The zero-order valence-electron chi connectivity index (χ0n) is 9.59. The number of carboxylic acids is 1. The van der Waals surface area contributed by atoms with Crippen molar-refractivity contribution in [3.63, 3.8) is 0 Å². The van der Waals surface area contributed by atoms with Crippen LogP contribution in [-0.4, -0.2) is 36.4 Å². The molecule has 1 N–H and O–H groups in total. The molecule has 1 aromatic carbocycles. The van der Waals surface area contributed by atoms with E-state index < -0.39 is 11.9 Å². The van der Waals surface area contributed by atoms with Crippen molar-refractivity contribution in [1.29, 1.82) is 0 Å². The molecule has 1 atom stereocenters. The summed E-state index contributed by atoms with van der Waals surface area (Å²) in [5.41, 5.74) is 0.499. The van der Waals surface area contributed by atoms with Gasteiger partial charge < -0.3 is 14.6 Å². The van der Waals surface area contributed by atoms with Crippen molar-refractivity contribution in [2.45, 2.75) is 6.10 Å². The molecule has 0 spiro atoms. The topological polar surface area (TPSA) is 76.1 Å². The van der Waals surface area contributed by atoms with E-state index in [9.17, 15) is 9.59 Å². The second-order valence-electron chi connectivity index (χ2n) is 3.83. The molecule has 1 aliphatic heterocycles. The third kappa shape index (κ3) is 2.57. The Morgan fingerprint density at radius 1 is 1.50 bits per heavy atom. The third-order valence-corrected chi connectivity index (χ3v) is 2.56. The van der Waals surface area contributed by atoms with E-state index in [0.29, 0.717) is 6.61 Å². The number of ether oxygens (including phenoxy) is 2. The van der Waals surface area contributed by atoms with Crippen LogP contribution in [0.3, 0.4) is 0 Å². The molecule has 0 bridgehead atoms. The second kappa shape index (κ2) is 5.01. The van der Waals surface area contributed by atoms with Crippen LogP contribution in [0.5, 0.6) is 0 Å². The Morgan fingerprint density at radius 2 is 2.17 bits per heavy atom. The van der Waals surface area contributed by atoms with Gasteiger partial charge in [-0.15, -0.1) is 0 Å². The van der Waals surface area contributed by atoms with Gasteiger partial charge in [0.2, 0.25) is 0 Å². The number of epoxide rings is 1. The summed E-state index contributed by atoms with van der Waals surface area (Å²) < 4.78 is 9.95. The van der Waals surface area contributed by atoms with E-state index in [-0.39, 0.29) is 29.4 Å². The first kappa shape index (κ1) is 12.3. The molecular formula is C13H12O5. The van der Waals surface area contributed by atoms with Crippen LogP contribution in [0.15, 0.2) is 24.8 Å². The van der Waals surface area contributed by atoms with Crippen molar-refractivity contribution in [2.75, 3.05) is 13.2 Å². The minimum atomic E-state index is -1.11. The molecule has 0 amide bonds. The van der Waals surface area contributed by atoms with Crippen LogP contribution in [0.2, 0.25) is 0 Å². The van der Waals surface area contributed by atoms with E-state index >= 15 is 0 Å². The predicted molar refractivity (Wildman–Crippen MR) is 63.5 cm³/mol. The Kier molecular flexibility index (Phi) is 3.43. The Morgan fingerprint density at radius 3 is 2.72 bits per heavy atom. The molecule has 1 heterocycles. The highest BCUT2D eigenvalue weighted by Gasteiger charge is 2.25. The number of carboxylic acid groups (broad SMARTS) is 1. The van der Waals surface area contributed by atoms with Gasteiger partial charge in [-0.2, -0.15) is 0 Å². The number of carbonyl (C=O) groups excluding carboxylic acids is 1. The molecule has 2 rings (SSSR count). The summed E-state index contributed by atoms with van der Waals surface area (Å²) in [4.78, 5) is 22.8. The Balaban J connectivity index is 2.24. The highest BCUT2D eigenvalue weighted by Crippen LogP contribution is 2.18. The Hall–Kier alpha value is -2.14. The van der Waals surface area contributed by atoms with Gasteiger partial charge in [-0.3, -0.25) is 0 Å². The fourth-order valence-corrected chi connectivity index (χ4v) is 1.56. The smallest absolute Gasteiger partial charge is 0.338 e. The summed E-state index contributed by atoms with van der Waals surface area (Å²) in [5, 5.41) is 9.01. The van der Waals surface area contributed by atoms with Crippen molar-refractivity contribution in [3.8, 4) is 0 Å². The highest BCUT2D eigenvalue weighted by molar-refractivity contribution is 6.00. The normalized spacial score (nSPS) is 17.0. The summed E-state index contributed by atoms with van der Waals surface area (Å²) in [6, 6.07) is 4.43. The number of rotatable bonds is 5. The zero-order chi connectivity index (χ0) is 13.1. The lowest BCUT2D eigenvalue weighted by atomic mass is 10.0. The second-order valence-corrected chi connectivity index (χ2v) is 3.83. The van der Waals surface area contributed by atoms with Gasteiger partial charge in [0.25, 0.3) is 0 Å². The van der Waals surface area contributed by atoms with Crippen LogP contribution < -0.4 is 0 Å². The monoisotopic (exact) mass is 248 g/mol. The van der Waals surface area contributed by atoms with Gasteiger partial charge in [0.15, 0.2) is 0 Å². The summed E-state index contributed by atoms with van der Waals surface area (Å²) in [6.45, 7) is 4.31. The maximum atomic E-state index is 11.8. The number of aromatic carboxylic acids is 1. The van der Waals surface area contributed by atoms with Crippen LogP contribution in [0.25, 0.3) is 6.08 Å². The first-order chi connectivity index (χ1) is 8.63. The molecule has 5 heteroatoms. The van der Waals surface area contributed by atoms with Gasteiger partial charge in [0.1, 0.15) is 12.7 Å². The lowest BCUT2D eigenvalue weighted by Gasteiger charge is -2.08. The maximum absolute atomic E-state index is 11.8. The van der Waals surface area contributed by atoms with Crippen molar-refractivity contribution < 1.29 is 24.2 Å². The summed E-state index contributed by atoms with van der Waals surface area (Å²) in [5.74, 6) is -1.67. The van der Waals surface area contributed by atoms with Crippen LogP contribution in [0.4, 0.5) is 0 Å². The van der Waals surface area contributed by atoms with Crippen LogP contribution in [0.1, 0.15) is 26.3 Å². The average molecular weight is 248 g/mol. The van der Waals surface area contributed by atoms with Gasteiger partial charge in [-0.25, -0.2) is 9.59 Å². The van der Waals surface area contributed by atoms with Crippen LogP contribution in [0, 0.1) is 0 Å². The third-order valence-electron chi connectivity index (χ3n) is 2.56. The minimum absolute atomic E-state index is 0.0243. The molecule has 1 unspecified atom stereocenters. The first-order valence-electron chi connectivity index (χ1n) is 5.41. The molecule has 0 saturated carbocycles. The number of hydrogen-bond donors (Lipinski definition) is 1. The highest BCUT2D eigenvalue weighted by atomic mass is 16.6. The van der Waals surface area contributed by atoms with E-state index in [0.717, 1.165) is 0 Å². The van der Waals surface area contributed by atoms with E-state index in [1.165, 1.54) is 24.3 Å². The van der Waals surface area contributed by atoms with E-state index in [4.69, 9.17) is 14.6 Å². The van der Waals surface area contributed by atoms with Gasteiger partial charge in [-0.05, 0) is 12.1 Å². The summed E-state index contributed by atoms with van der Waals surface area (Å²) in [6.07, 6.45) is 1.32. The molecule has 0 radical (unpaired) electrons. The molecule has 1 saturated heterocycles. The van der Waals surface area contributed by atoms with Gasteiger partial charge >= 0.3 is 11.9 Å². The number of esters is 1. The van der Waals surface area contributed by atoms with E-state index in [2.05, 4.69) is 6.58 Å². The quantitative estimate of drug-likeness (QED) is 0.632. The summed E-state index contributed by atoms with van der Waals surface area (Å²) in [7, 11) is 0. The molecular weight excluding hydrogens is 236 g/mol. The SMILES string of the molecule is C=Cc1c(C(=O)O)cccc1C(=O)OCC1CO1. The van der Waals surface area contributed by atoms with Crippen molar-refractivity contribution in [3.05, 3.63) is 41.5 Å². The van der Waals surface area contributed by atoms with Crippen molar-refractivity contribution in [1.82, 2.24) is 0 Å². The molecule has 5 nitrogen and oxygen atoms in total. The van der Waals surface area contributed by atoms with Crippen molar-refractivity contribution >= 4 is 18.0 Å². The zero-order valence-corrected chi connectivity index (χ0v) is 9.59. The first-order valence-corrected chi connectivity index (χ1v) is 5.41. The molecule has 1 aliphatic rings. The molecule has 94 valence electrons. The molecule has 1 aromatic rings. The lowest BCUT2D eigenvalue weighted by molar-refractivity contribution is 0.0476. The van der Waals surface area contributed by atoms with E-state index in [1.54, 1.807) is 0 Å². The summed E-state index contributed by atoms with van der Waals surface area (Å²) >= 11 is 0. The van der Waals surface area contributed by atoms with Gasteiger partial charge in [-0.1, -0.05) is 18.7 Å². The Labute approximate surface area is 104 Å². The predicted octanol–water partition coefficient (Wildman–Crippen LogP) is 1.58. The standard InChI is InChI=1S/C13H12O5/c1-2-9-10(12(14)15)4-3-5-11(9)13(16)18-7-8-6-17-8/h2-5,8H,1,6-7H2,(H,14,15). The number of benzene rings is 1. The van der Waals surface area contributed by atoms with Crippen LogP contribution in [-0.2, 0) is 9.47 Å². The fourth-order valence-electron chi connectivity index (χ4n) is 1.56. The average Bonchev–Trinajstić information content (AvgIpc) is 3.18. The van der Waals surface area contributed by atoms with Crippen LogP contribution >= 0.6 is 0 Å². The molecule has 1 fully saturated rings. The largest absolute Gasteiger partial charge is 0.478 e. The molecule has 18 heavy (non-hydrogen) atoms. The number of carbonyl (C=O) groups is 2. The van der Waals surface area contributed by atoms with Gasteiger partial charge in [0, 0.05) is 5.56 Å². The maximum Gasteiger partial charge on any atom is 0.338 e. The minimum Gasteiger partial charge on any atom is -0.478 e. The molecule has 0 aromatic heterocycles. The van der Waals surface area contributed by atoms with Gasteiger partial charge in [0.05, 0.1) is 17.7 Å².